The molecule has 0 fully saturated rings. The highest BCUT2D eigenvalue weighted by atomic mass is 16.5. The van der Waals surface area contributed by atoms with E-state index in [0.717, 1.165) is 22.5 Å². The fourth-order valence-electron chi connectivity index (χ4n) is 3.56. The highest BCUT2D eigenvalue weighted by Gasteiger charge is 2.19. The SMILES string of the molecule is COC(=O)C[C@@H](NC(=O)c1ccc(OCc2cn3cccc(C)c3n2)cc1)c1ccccc1. The Kier molecular flexibility index (Phi) is 6.69. The van der Waals surface area contributed by atoms with Crippen molar-refractivity contribution in [3.05, 3.63) is 102 Å². The van der Waals surface area contributed by atoms with Gasteiger partial charge in [-0.1, -0.05) is 36.4 Å². The van der Waals surface area contributed by atoms with Gasteiger partial charge in [0.15, 0.2) is 0 Å². The van der Waals surface area contributed by atoms with E-state index >= 15 is 0 Å². The van der Waals surface area contributed by atoms with Crippen molar-refractivity contribution in [1.29, 1.82) is 0 Å². The Morgan fingerprint density at radius 1 is 1.03 bits per heavy atom. The lowest BCUT2D eigenvalue weighted by Crippen LogP contribution is -2.30. The number of methoxy groups -OCH3 is 1. The maximum atomic E-state index is 12.8. The van der Waals surface area contributed by atoms with E-state index in [-0.39, 0.29) is 12.3 Å². The predicted octanol–water partition coefficient (Wildman–Crippen LogP) is 4.26. The summed E-state index contributed by atoms with van der Waals surface area (Å²) in [6, 6.07) is 19.7. The first kappa shape index (κ1) is 22.1. The quantitative estimate of drug-likeness (QED) is 0.412. The molecular formula is C26H25N3O4. The van der Waals surface area contributed by atoms with Crippen molar-refractivity contribution in [2.24, 2.45) is 0 Å². The van der Waals surface area contributed by atoms with E-state index in [9.17, 15) is 9.59 Å². The second kappa shape index (κ2) is 9.99. The van der Waals surface area contributed by atoms with Crippen LogP contribution in [0.5, 0.6) is 5.75 Å². The van der Waals surface area contributed by atoms with Gasteiger partial charge in [0.2, 0.25) is 0 Å². The molecule has 0 aliphatic rings. The van der Waals surface area contributed by atoms with Crippen LogP contribution in [-0.2, 0) is 16.1 Å². The molecule has 1 N–H and O–H groups in total. The highest BCUT2D eigenvalue weighted by molar-refractivity contribution is 5.94. The molecule has 0 spiro atoms. The normalized spacial score (nSPS) is 11.7. The number of pyridine rings is 1. The lowest BCUT2D eigenvalue weighted by atomic mass is 10.0. The summed E-state index contributed by atoms with van der Waals surface area (Å²) in [7, 11) is 1.33. The van der Waals surface area contributed by atoms with Gasteiger partial charge in [-0.2, -0.15) is 0 Å². The van der Waals surface area contributed by atoms with E-state index in [0.29, 0.717) is 17.9 Å². The molecule has 2 aromatic heterocycles. The van der Waals surface area contributed by atoms with Crippen molar-refractivity contribution < 1.29 is 19.1 Å². The van der Waals surface area contributed by atoms with Crippen molar-refractivity contribution in [2.75, 3.05) is 7.11 Å². The number of nitrogens with one attached hydrogen (secondary N) is 1. The van der Waals surface area contributed by atoms with Gasteiger partial charge in [-0.05, 0) is 48.4 Å². The molecule has 0 radical (unpaired) electrons. The first-order chi connectivity index (χ1) is 16.0. The van der Waals surface area contributed by atoms with Crippen LogP contribution < -0.4 is 10.1 Å². The van der Waals surface area contributed by atoms with E-state index < -0.39 is 12.0 Å². The predicted molar refractivity (Wildman–Crippen MR) is 124 cm³/mol. The van der Waals surface area contributed by atoms with Gasteiger partial charge in [0.25, 0.3) is 5.91 Å². The number of benzene rings is 2. The lowest BCUT2D eigenvalue weighted by molar-refractivity contribution is -0.141. The minimum absolute atomic E-state index is 0.0476. The molecule has 33 heavy (non-hydrogen) atoms. The molecule has 168 valence electrons. The van der Waals surface area contributed by atoms with Gasteiger partial charge in [-0.3, -0.25) is 9.59 Å². The molecule has 1 amide bonds. The smallest absolute Gasteiger partial charge is 0.307 e. The number of carbonyl (C=O) groups is 2. The van der Waals surface area contributed by atoms with Gasteiger partial charge in [-0.25, -0.2) is 4.98 Å². The van der Waals surface area contributed by atoms with Gasteiger partial charge in [0.05, 0.1) is 25.3 Å². The van der Waals surface area contributed by atoms with E-state index in [4.69, 9.17) is 9.47 Å². The van der Waals surface area contributed by atoms with Crippen LogP contribution in [0.4, 0.5) is 0 Å². The van der Waals surface area contributed by atoms with Crippen molar-refractivity contribution in [3.63, 3.8) is 0 Å². The number of hydrogen-bond acceptors (Lipinski definition) is 5. The van der Waals surface area contributed by atoms with E-state index in [2.05, 4.69) is 10.3 Å². The van der Waals surface area contributed by atoms with Gasteiger partial charge >= 0.3 is 5.97 Å². The van der Waals surface area contributed by atoms with Crippen molar-refractivity contribution >= 4 is 17.5 Å². The van der Waals surface area contributed by atoms with E-state index in [1.165, 1.54) is 7.11 Å². The van der Waals surface area contributed by atoms with Crippen LogP contribution in [0.1, 0.15) is 39.6 Å². The first-order valence-electron chi connectivity index (χ1n) is 10.6. The second-order valence-corrected chi connectivity index (χ2v) is 7.68. The number of fused-ring (bicyclic) bond motifs is 1. The summed E-state index contributed by atoms with van der Waals surface area (Å²) in [5, 5.41) is 2.92. The Bertz CT molecular complexity index is 1250. The van der Waals surface area contributed by atoms with Crippen LogP contribution in [0.3, 0.4) is 0 Å². The summed E-state index contributed by atoms with van der Waals surface area (Å²) in [6.07, 6.45) is 3.94. The third-order valence-corrected chi connectivity index (χ3v) is 5.34. The zero-order valence-electron chi connectivity index (χ0n) is 18.5. The minimum atomic E-state index is -0.486. The van der Waals surface area contributed by atoms with Crippen molar-refractivity contribution in [1.82, 2.24) is 14.7 Å². The second-order valence-electron chi connectivity index (χ2n) is 7.68. The molecule has 0 bridgehead atoms. The number of aromatic nitrogens is 2. The fourth-order valence-corrected chi connectivity index (χ4v) is 3.56. The maximum absolute atomic E-state index is 12.8. The molecule has 2 heterocycles. The number of nitrogens with zero attached hydrogens (tertiary/aromatic N) is 2. The molecule has 0 saturated carbocycles. The van der Waals surface area contributed by atoms with E-state index in [1.54, 1.807) is 24.3 Å². The molecule has 7 heteroatoms. The van der Waals surface area contributed by atoms with Crippen LogP contribution in [0.25, 0.3) is 5.65 Å². The molecule has 4 rings (SSSR count). The Balaban J connectivity index is 1.40. The Labute approximate surface area is 192 Å². The first-order valence-corrected chi connectivity index (χ1v) is 10.6. The average molecular weight is 444 g/mol. The van der Waals surface area contributed by atoms with Crippen molar-refractivity contribution in [3.8, 4) is 5.75 Å². The molecule has 0 aliphatic heterocycles. The summed E-state index contributed by atoms with van der Waals surface area (Å²) < 4.78 is 12.6. The molecule has 4 aromatic rings. The molecule has 0 unspecified atom stereocenters. The Hall–Kier alpha value is -4.13. The number of amides is 1. The molecule has 0 aliphatic carbocycles. The third-order valence-electron chi connectivity index (χ3n) is 5.34. The zero-order chi connectivity index (χ0) is 23.2. The van der Waals surface area contributed by atoms with Crippen molar-refractivity contribution in [2.45, 2.75) is 26.0 Å². The number of aryl methyl sites for hydroxylation is 1. The van der Waals surface area contributed by atoms with E-state index in [1.807, 2.05) is 66.2 Å². The number of imidazole rings is 1. The topological polar surface area (TPSA) is 81.9 Å². The summed E-state index contributed by atoms with van der Waals surface area (Å²) >= 11 is 0. The molecular weight excluding hydrogens is 418 g/mol. The monoisotopic (exact) mass is 443 g/mol. The molecule has 7 nitrogen and oxygen atoms in total. The summed E-state index contributed by atoms with van der Waals surface area (Å²) in [6.45, 7) is 2.34. The summed E-state index contributed by atoms with van der Waals surface area (Å²) in [5.41, 5.74) is 4.12. The van der Waals surface area contributed by atoms with Gasteiger partial charge < -0.3 is 19.2 Å². The molecule has 0 saturated heterocycles. The summed E-state index contributed by atoms with van der Waals surface area (Å²) in [4.78, 5) is 29.2. The highest BCUT2D eigenvalue weighted by Crippen LogP contribution is 2.20. The number of esters is 1. The standard InChI is InChI=1S/C26H25N3O4/c1-18-7-6-14-29-16-21(27-25(18)29)17-33-22-12-10-20(11-13-22)26(31)28-23(15-24(30)32-2)19-8-4-3-5-9-19/h3-14,16,23H,15,17H2,1-2H3,(H,28,31)/t23-/m1/s1. The maximum Gasteiger partial charge on any atom is 0.307 e. The zero-order valence-corrected chi connectivity index (χ0v) is 18.5. The largest absolute Gasteiger partial charge is 0.487 e. The van der Waals surface area contributed by atoms with Gasteiger partial charge in [0, 0.05) is 18.0 Å². The minimum Gasteiger partial charge on any atom is -0.487 e. The lowest BCUT2D eigenvalue weighted by Gasteiger charge is -2.18. The average Bonchev–Trinajstić information content (AvgIpc) is 3.27. The van der Waals surface area contributed by atoms with Crippen LogP contribution in [0, 0.1) is 6.92 Å². The molecule has 1 atom stereocenters. The Morgan fingerprint density at radius 3 is 2.48 bits per heavy atom. The molecule has 2 aromatic carbocycles. The number of rotatable bonds is 8. The van der Waals surface area contributed by atoms with Gasteiger partial charge in [0.1, 0.15) is 18.0 Å². The fraction of sp³-hybridized carbons (Fsp3) is 0.192. The number of hydrogen-bond donors (Lipinski definition) is 1. The number of ether oxygens (including phenoxy) is 2. The van der Waals surface area contributed by atoms with Gasteiger partial charge in [-0.15, -0.1) is 0 Å². The van der Waals surface area contributed by atoms with Crippen LogP contribution >= 0.6 is 0 Å². The summed E-state index contributed by atoms with van der Waals surface area (Å²) in [5.74, 6) is -0.0420. The van der Waals surface area contributed by atoms with Crippen LogP contribution in [0.2, 0.25) is 0 Å². The van der Waals surface area contributed by atoms with Crippen LogP contribution in [0.15, 0.2) is 79.1 Å². The third kappa shape index (κ3) is 5.38. The van der Waals surface area contributed by atoms with Crippen LogP contribution in [-0.4, -0.2) is 28.4 Å². The Morgan fingerprint density at radius 2 is 1.79 bits per heavy atom. The number of carbonyl (C=O) groups excluding carboxylic acids is 2.